The first-order valence-electron chi connectivity index (χ1n) is 9.78. The van der Waals surface area contributed by atoms with E-state index in [-0.39, 0.29) is 16.4 Å². The van der Waals surface area contributed by atoms with E-state index in [0.29, 0.717) is 5.56 Å². The van der Waals surface area contributed by atoms with Crippen molar-refractivity contribution in [3.05, 3.63) is 70.8 Å². The molecule has 1 atom stereocenters. The summed E-state index contributed by atoms with van der Waals surface area (Å²) in [4.78, 5) is 37.0. The summed E-state index contributed by atoms with van der Waals surface area (Å²) in [5, 5.41) is 0. The van der Waals surface area contributed by atoms with E-state index in [0.717, 1.165) is 18.4 Å². The molecule has 5 heteroatoms. The van der Waals surface area contributed by atoms with Gasteiger partial charge in [-0.2, -0.15) is 0 Å². The molecule has 5 nitrogen and oxygen atoms in total. The van der Waals surface area contributed by atoms with E-state index in [1.807, 2.05) is 12.1 Å². The first-order valence-corrected chi connectivity index (χ1v) is 9.78. The normalized spacial score (nSPS) is 17.7. The van der Waals surface area contributed by atoms with Gasteiger partial charge in [0.05, 0.1) is 5.56 Å². The van der Waals surface area contributed by atoms with Crippen LogP contribution in [-0.4, -0.2) is 17.8 Å². The van der Waals surface area contributed by atoms with Gasteiger partial charge in [0, 0.05) is 0 Å². The molecule has 2 aromatic rings. The third-order valence-electron chi connectivity index (χ3n) is 5.93. The maximum absolute atomic E-state index is 12.7. The zero-order valence-electron chi connectivity index (χ0n) is 17.3. The van der Waals surface area contributed by atoms with Crippen LogP contribution in [0.15, 0.2) is 48.5 Å². The average Bonchev–Trinajstić information content (AvgIpc) is 2.66. The predicted octanol–water partition coefficient (Wildman–Crippen LogP) is 3.99. The van der Waals surface area contributed by atoms with Crippen molar-refractivity contribution in [2.45, 2.75) is 57.3 Å². The topological polar surface area (TPSA) is 86.5 Å². The molecule has 1 aliphatic carbocycles. The summed E-state index contributed by atoms with van der Waals surface area (Å²) in [6.45, 7) is 8.70. The van der Waals surface area contributed by atoms with Crippen molar-refractivity contribution in [2.75, 3.05) is 0 Å². The van der Waals surface area contributed by atoms with Crippen LogP contribution in [0, 0.1) is 0 Å². The van der Waals surface area contributed by atoms with E-state index in [2.05, 4.69) is 27.7 Å². The fraction of sp³-hybridized carbons (Fsp3) is 0.375. The molecule has 0 radical (unpaired) electrons. The number of hydrogen-bond acceptors (Lipinski definition) is 4. The number of hydrogen-bond donors (Lipinski definition) is 1. The monoisotopic (exact) mass is 393 g/mol. The molecule has 3 rings (SSSR count). The molecular formula is C24H27NO4. The number of ether oxygens (including phenoxy) is 1. The third kappa shape index (κ3) is 4.09. The quantitative estimate of drug-likeness (QED) is 0.629. The summed E-state index contributed by atoms with van der Waals surface area (Å²) in [6, 6.07) is 13.7. The molecule has 0 spiro atoms. The van der Waals surface area contributed by atoms with Gasteiger partial charge in [-0.3, -0.25) is 9.59 Å². The van der Waals surface area contributed by atoms with Crippen molar-refractivity contribution in [2.24, 2.45) is 5.73 Å². The van der Waals surface area contributed by atoms with Crippen molar-refractivity contribution < 1.29 is 19.1 Å². The molecule has 1 unspecified atom stereocenters. The fourth-order valence-corrected chi connectivity index (χ4v) is 3.99. The average molecular weight is 393 g/mol. The van der Waals surface area contributed by atoms with Gasteiger partial charge in [-0.25, -0.2) is 4.79 Å². The van der Waals surface area contributed by atoms with Gasteiger partial charge in [-0.1, -0.05) is 64.1 Å². The van der Waals surface area contributed by atoms with E-state index in [9.17, 15) is 14.4 Å². The Hall–Kier alpha value is -2.95. The van der Waals surface area contributed by atoms with Crippen LogP contribution in [0.2, 0.25) is 0 Å². The SMILES string of the molecule is CC1(C)CCC(C)(C)c2cc(C(C(N)=O)C(=O)OC(=O)c3ccccc3)ccc21. The number of fused-ring (bicyclic) bond motifs is 1. The minimum absolute atomic E-state index is 0.00931. The molecule has 1 amide bonds. The first-order chi connectivity index (χ1) is 13.5. The van der Waals surface area contributed by atoms with Crippen molar-refractivity contribution in [3.63, 3.8) is 0 Å². The number of carbonyl (C=O) groups is 3. The van der Waals surface area contributed by atoms with Gasteiger partial charge in [-0.05, 0) is 52.5 Å². The number of rotatable bonds is 4. The first kappa shape index (κ1) is 20.8. The third-order valence-corrected chi connectivity index (χ3v) is 5.93. The molecule has 0 fully saturated rings. The Balaban J connectivity index is 1.95. The minimum atomic E-state index is -1.34. The second kappa shape index (κ2) is 7.47. The predicted molar refractivity (Wildman–Crippen MR) is 111 cm³/mol. The molecule has 0 saturated carbocycles. The molecule has 0 bridgehead atoms. The Morgan fingerprint density at radius 1 is 0.897 bits per heavy atom. The second-order valence-corrected chi connectivity index (χ2v) is 8.98. The lowest BCUT2D eigenvalue weighted by Gasteiger charge is -2.42. The summed E-state index contributed by atoms with van der Waals surface area (Å²) < 4.78 is 4.97. The van der Waals surface area contributed by atoms with Crippen molar-refractivity contribution >= 4 is 17.8 Å². The van der Waals surface area contributed by atoms with Crippen molar-refractivity contribution in [1.29, 1.82) is 0 Å². The van der Waals surface area contributed by atoms with E-state index < -0.39 is 23.8 Å². The molecule has 0 aliphatic heterocycles. The molecule has 1 aliphatic rings. The van der Waals surface area contributed by atoms with Crippen LogP contribution in [-0.2, 0) is 25.2 Å². The molecule has 0 heterocycles. The lowest BCUT2D eigenvalue weighted by Crippen LogP contribution is -2.35. The van der Waals surface area contributed by atoms with Gasteiger partial charge < -0.3 is 10.5 Å². The molecule has 29 heavy (non-hydrogen) atoms. The van der Waals surface area contributed by atoms with Gasteiger partial charge in [0.2, 0.25) is 5.91 Å². The van der Waals surface area contributed by atoms with Crippen LogP contribution in [0.25, 0.3) is 0 Å². The number of benzene rings is 2. The molecule has 2 aromatic carbocycles. The smallest absolute Gasteiger partial charge is 0.345 e. The van der Waals surface area contributed by atoms with Gasteiger partial charge in [0.25, 0.3) is 0 Å². The lowest BCUT2D eigenvalue weighted by molar-refractivity contribution is -0.143. The number of primary amides is 1. The maximum Gasteiger partial charge on any atom is 0.345 e. The van der Waals surface area contributed by atoms with Crippen LogP contribution in [0.4, 0.5) is 0 Å². The van der Waals surface area contributed by atoms with E-state index in [1.54, 1.807) is 36.4 Å². The molecule has 2 N–H and O–H groups in total. The van der Waals surface area contributed by atoms with Gasteiger partial charge in [-0.15, -0.1) is 0 Å². The Morgan fingerprint density at radius 3 is 2.07 bits per heavy atom. The minimum Gasteiger partial charge on any atom is -0.389 e. The van der Waals surface area contributed by atoms with Crippen molar-refractivity contribution in [1.82, 2.24) is 0 Å². The van der Waals surface area contributed by atoms with E-state index in [4.69, 9.17) is 10.5 Å². The highest BCUT2D eigenvalue weighted by Crippen LogP contribution is 2.46. The lowest BCUT2D eigenvalue weighted by atomic mass is 9.62. The largest absolute Gasteiger partial charge is 0.389 e. The molecular weight excluding hydrogens is 366 g/mol. The summed E-state index contributed by atoms with van der Waals surface area (Å²) in [7, 11) is 0. The van der Waals surface area contributed by atoms with Crippen LogP contribution in [0.3, 0.4) is 0 Å². The number of amides is 1. The summed E-state index contributed by atoms with van der Waals surface area (Å²) >= 11 is 0. The highest BCUT2D eigenvalue weighted by molar-refractivity contribution is 6.07. The zero-order valence-corrected chi connectivity index (χ0v) is 17.3. The zero-order chi connectivity index (χ0) is 21.4. The van der Waals surface area contributed by atoms with Crippen LogP contribution < -0.4 is 5.73 Å². The van der Waals surface area contributed by atoms with Gasteiger partial charge in [0.1, 0.15) is 0 Å². The van der Waals surface area contributed by atoms with Crippen LogP contribution >= 0.6 is 0 Å². The standard InChI is InChI=1S/C24H27NO4/c1-23(2)12-13-24(3,4)18-14-16(10-11-17(18)23)19(20(25)26)22(28)29-21(27)15-8-6-5-7-9-15/h5-11,14,19H,12-13H2,1-4H3,(H2,25,26). The summed E-state index contributed by atoms with van der Waals surface area (Å²) in [5.74, 6) is -3.95. The summed E-state index contributed by atoms with van der Waals surface area (Å²) in [6.07, 6.45) is 2.05. The number of carbonyl (C=O) groups excluding carboxylic acids is 3. The number of esters is 2. The van der Waals surface area contributed by atoms with Crippen LogP contribution in [0.5, 0.6) is 0 Å². The Kier molecular flexibility index (Phi) is 5.35. The molecule has 0 aromatic heterocycles. The van der Waals surface area contributed by atoms with Gasteiger partial charge >= 0.3 is 11.9 Å². The second-order valence-electron chi connectivity index (χ2n) is 8.98. The van der Waals surface area contributed by atoms with E-state index >= 15 is 0 Å². The summed E-state index contributed by atoms with van der Waals surface area (Å²) in [5.41, 5.74) is 8.43. The fourth-order valence-electron chi connectivity index (χ4n) is 3.99. The van der Waals surface area contributed by atoms with Gasteiger partial charge in [0.15, 0.2) is 5.92 Å². The Morgan fingerprint density at radius 2 is 1.48 bits per heavy atom. The van der Waals surface area contributed by atoms with E-state index in [1.165, 1.54) is 5.56 Å². The number of nitrogens with two attached hydrogens (primary N) is 1. The molecule has 152 valence electrons. The Bertz CT molecular complexity index is 960. The van der Waals surface area contributed by atoms with Crippen molar-refractivity contribution in [3.8, 4) is 0 Å². The highest BCUT2D eigenvalue weighted by atomic mass is 16.6. The Labute approximate surface area is 171 Å². The maximum atomic E-state index is 12.7. The molecule has 0 saturated heterocycles. The van der Waals surface area contributed by atoms with Crippen LogP contribution in [0.1, 0.15) is 73.5 Å². The highest BCUT2D eigenvalue weighted by Gasteiger charge is 2.39.